The van der Waals surface area contributed by atoms with Crippen molar-refractivity contribution in [2.24, 2.45) is 0 Å². The first-order valence-electron chi connectivity index (χ1n) is 9.78. The van der Waals surface area contributed by atoms with Crippen LogP contribution >= 0.6 is 11.3 Å². The second-order valence-corrected chi connectivity index (χ2v) is 8.20. The van der Waals surface area contributed by atoms with E-state index in [2.05, 4.69) is 9.97 Å². The number of aromatic nitrogens is 3. The van der Waals surface area contributed by atoms with Crippen molar-refractivity contribution in [2.75, 3.05) is 13.1 Å². The molecule has 4 aromatic rings. The predicted octanol–water partition coefficient (Wildman–Crippen LogP) is 4.77. The van der Waals surface area contributed by atoms with E-state index in [-0.39, 0.29) is 5.91 Å². The number of hydrogen-bond donors (Lipinski definition) is 0. The molecule has 29 heavy (non-hydrogen) atoms. The Morgan fingerprint density at radius 1 is 1.14 bits per heavy atom. The molecule has 1 amide bonds. The van der Waals surface area contributed by atoms with Crippen LogP contribution in [-0.2, 0) is 0 Å². The van der Waals surface area contributed by atoms with Crippen LogP contribution in [0.25, 0.3) is 22.2 Å². The van der Waals surface area contributed by atoms with Crippen molar-refractivity contribution in [3.05, 3.63) is 77.0 Å². The first-order valence-corrected chi connectivity index (χ1v) is 10.7. The summed E-state index contributed by atoms with van der Waals surface area (Å²) in [4.78, 5) is 29.0. The molecule has 5 rings (SSSR count). The highest BCUT2D eigenvalue weighted by Gasteiger charge is 2.28. The minimum atomic E-state index is 0.0648. The van der Waals surface area contributed by atoms with Crippen molar-refractivity contribution in [1.82, 2.24) is 19.9 Å². The fourth-order valence-corrected chi connectivity index (χ4v) is 4.75. The second-order valence-electron chi connectivity index (χ2n) is 7.27. The fourth-order valence-electron chi connectivity index (χ4n) is 3.98. The first kappa shape index (κ1) is 17.9. The van der Waals surface area contributed by atoms with Gasteiger partial charge >= 0.3 is 0 Å². The molecular formula is C23H20N4OS. The van der Waals surface area contributed by atoms with Gasteiger partial charge in [-0.1, -0.05) is 18.2 Å². The summed E-state index contributed by atoms with van der Waals surface area (Å²) in [5.41, 5.74) is 3.21. The molecule has 1 aromatic carbocycles. The smallest absolute Gasteiger partial charge is 0.254 e. The van der Waals surface area contributed by atoms with E-state index in [1.54, 1.807) is 23.7 Å². The van der Waals surface area contributed by atoms with Crippen molar-refractivity contribution >= 4 is 28.1 Å². The molecule has 0 aliphatic carbocycles. The summed E-state index contributed by atoms with van der Waals surface area (Å²) in [7, 11) is 0. The number of amides is 1. The number of carbonyl (C=O) groups excluding carboxylic acids is 1. The Labute approximate surface area is 173 Å². The van der Waals surface area contributed by atoms with Gasteiger partial charge in [-0.05, 0) is 37.1 Å². The molecular weight excluding hydrogens is 380 g/mol. The van der Waals surface area contributed by atoms with Crippen LogP contribution in [-0.4, -0.2) is 38.8 Å². The molecule has 0 saturated carbocycles. The highest BCUT2D eigenvalue weighted by molar-refractivity contribution is 7.09. The van der Waals surface area contributed by atoms with Crippen molar-refractivity contribution in [3.8, 4) is 11.3 Å². The van der Waals surface area contributed by atoms with Gasteiger partial charge in [0, 0.05) is 53.9 Å². The molecule has 0 spiro atoms. The van der Waals surface area contributed by atoms with Crippen LogP contribution in [0.4, 0.5) is 0 Å². The Kier molecular flexibility index (Phi) is 4.77. The number of piperidine rings is 1. The number of thiazole rings is 1. The molecule has 4 heterocycles. The Morgan fingerprint density at radius 3 is 2.90 bits per heavy atom. The first-order chi connectivity index (χ1) is 14.3. The molecule has 1 atom stereocenters. The summed E-state index contributed by atoms with van der Waals surface area (Å²) in [5.74, 6) is 0.383. The minimum Gasteiger partial charge on any atom is -0.338 e. The van der Waals surface area contributed by atoms with Crippen LogP contribution in [0.3, 0.4) is 0 Å². The van der Waals surface area contributed by atoms with Gasteiger partial charge in [-0.25, -0.2) is 9.97 Å². The Morgan fingerprint density at radius 2 is 2.07 bits per heavy atom. The lowest BCUT2D eigenvalue weighted by molar-refractivity contribution is 0.0709. The number of nitrogens with zero attached hydrogens (tertiary/aromatic N) is 4. The number of pyridine rings is 2. The molecule has 0 N–H and O–H groups in total. The third kappa shape index (κ3) is 3.51. The number of rotatable bonds is 3. The second kappa shape index (κ2) is 7.72. The topological polar surface area (TPSA) is 59.0 Å². The number of carbonyl (C=O) groups is 1. The van der Waals surface area contributed by atoms with E-state index in [1.807, 2.05) is 58.9 Å². The zero-order valence-corrected chi connectivity index (χ0v) is 16.7. The lowest BCUT2D eigenvalue weighted by Gasteiger charge is -2.32. The van der Waals surface area contributed by atoms with Crippen LogP contribution < -0.4 is 0 Å². The number of likely N-dealkylation sites (tertiary alicyclic amines) is 1. The maximum absolute atomic E-state index is 13.6. The number of fused-ring (bicyclic) bond motifs is 1. The van der Waals surface area contributed by atoms with E-state index in [9.17, 15) is 4.79 Å². The molecule has 5 nitrogen and oxygen atoms in total. The normalized spacial score (nSPS) is 16.8. The SMILES string of the molecule is O=C(c1cc(-c2cccnc2)nc2ccccc12)N1CCCC(c2nccs2)C1. The fraction of sp³-hybridized carbons (Fsp3) is 0.217. The van der Waals surface area contributed by atoms with Crippen LogP contribution in [0.15, 0.2) is 66.4 Å². The summed E-state index contributed by atoms with van der Waals surface area (Å²) in [5, 5.41) is 4.02. The molecule has 0 bridgehead atoms. The highest BCUT2D eigenvalue weighted by Crippen LogP contribution is 2.31. The van der Waals surface area contributed by atoms with E-state index < -0.39 is 0 Å². The number of para-hydroxylation sites is 1. The highest BCUT2D eigenvalue weighted by atomic mass is 32.1. The molecule has 6 heteroatoms. The molecule has 1 aliphatic heterocycles. The molecule has 1 aliphatic rings. The largest absolute Gasteiger partial charge is 0.338 e. The van der Waals surface area contributed by atoms with Crippen LogP contribution in [0.2, 0.25) is 0 Å². The zero-order valence-electron chi connectivity index (χ0n) is 15.9. The lowest BCUT2D eigenvalue weighted by Crippen LogP contribution is -2.39. The van der Waals surface area contributed by atoms with Gasteiger partial charge in [0.25, 0.3) is 5.91 Å². The molecule has 1 unspecified atom stereocenters. The van der Waals surface area contributed by atoms with Crippen LogP contribution in [0, 0.1) is 0 Å². The molecule has 3 aromatic heterocycles. The summed E-state index contributed by atoms with van der Waals surface area (Å²) in [6, 6.07) is 13.6. The van der Waals surface area contributed by atoms with Crippen molar-refractivity contribution < 1.29 is 4.79 Å². The average molecular weight is 401 g/mol. The van der Waals surface area contributed by atoms with Gasteiger partial charge in [0.1, 0.15) is 0 Å². The molecule has 144 valence electrons. The number of benzene rings is 1. The maximum atomic E-state index is 13.6. The average Bonchev–Trinajstić information content (AvgIpc) is 3.34. The van der Waals surface area contributed by atoms with Crippen molar-refractivity contribution in [2.45, 2.75) is 18.8 Å². The Bertz CT molecular complexity index is 1140. The molecule has 0 radical (unpaired) electrons. The standard InChI is InChI=1S/C23H20N4OS/c28-23(27-11-4-6-17(15-27)22-25-10-12-29-22)19-13-21(16-5-3-9-24-14-16)26-20-8-2-1-7-18(19)20/h1-3,5,7-10,12-14,17H,4,6,11,15H2. The minimum absolute atomic E-state index is 0.0648. The van der Waals surface area contributed by atoms with E-state index in [4.69, 9.17) is 4.98 Å². The summed E-state index contributed by atoms with van der Waals surface area (Å²) < 4.78 is 0. The van der Waals surface area contributed by atoms with Gasteiger partial charge in [-0.3, -0.25) is 9.78 Å². The Balaban J connectivity index is 1.54. The van der Waals surface area contributed by atoms with Gasteiger partial charge in [0.05, 0.1) is 21.8 Å². The van der Waals surface area contributed by atoms with Gasteiger partial charge in [-0.2, -0.15) is 0 Å². The van der Waals surface area contributed by atoms with Gasteiger partial charge in [0.2, 0.25) is 0 Å². The third-order valence-corrected chi connectivity index (χ3v) is 6.35. The maximum Gasteiger partial charge on any atom is 0.254 e. The quantitative estimate of drug-likeness (QED) is 0.497. The third-order valence-electron chi connectivity index (χ3n) is 5.41. The van der Waals surface area contributed by atoms with E-state index in [0.29, 0.717) is 18.0 Å². The van der Waals surface area contributed by atoms with E-state index in [1.165, 1.54) is 0 Å². The zero-order chi connectivity index (χ0) is 19.6. The van der Waals surface area contributed by atoms with Gasteiger partial charge < -0.3 is 4.90 Å². The Hall–Kier alpha value is -3.12. The summed E-state index contributed by atoms with van der Waals surface area (Å²) in [6.07, 6.45) is 7.44. The van der Waals surface area contributed by atoms with E-state index >= 15 is 0 Å². The summed E-state index contributed by atoms with van der Waals surface area (Å²) in [6.45, 7) is 1.49. The van der Waals surface area contributed by atoms with Crippen LogP contribution in [0.1, 0.15) is 34.1 Å². The van der Waals surface area contributed by atoms with Gasteiger partial charge in [0.15, 0.2) is 0 Å². The molecule has 1 saturated heterocycles. The monoisotopic (exact) mass is 400 g/mol. The summed E-state index contributed by atoms with van der Waals surface area (Å²) >= 11 is 1.68. The lowest BCUT2D eigenvalue weighted by atomic mass is 9.97. The molecule has 1 fully saturated rings. The van der Waals surface area contributed by atoms with Gasteiger partial charge in [-0.15, -0.1) is 11.3 Å². The van der Waals surface area contributed by atoms with Crippen LogP contribution in [0.5, 0.6) is 0 Å². The predicted molar refractivity (Wildman–Crippen MR) is 115 cm³/mol. The van der Waals surface area contributed by atoms with Crippen molar-refractivity contribution in [3.63, 3.8) is 0 Å². The van der Waals surface area contributed by atoms with E-state index in [0.717, 1.165) is 46.6 Å². The van der Waals surface area contributed by atoms with Crippen molar-refractivity contribution in [1.29, 1.82) is 0 Å². The number of hydrogen-bond acceptors (Lipinski definition) is 5.